The Labute approximate surface area is 247 Å². The Morgan fingerprint density at radius 1 is 1.10 bits per heavy atom. The summed E-state index contributed by atoms with van der Waals surface area (Å²) in [5, 5.41) is 16.3. The van der Waals surface area contributed by atoms with E-state index in [-0.39, 0.29) is 29.6 Å². The number of carbonyl (C=O) groups excluding carboxylic acids is 2. The molecule has 2 fully saturated rings. The van der Waals surface area contributed by atoms with E-state index in [1.165, 1.54) is 24.4 Å². The van der Waals surface area contributed by atoms with Gasteiger partial charge in [-0.2, -0.15) is 0 Å². The molecule has 2 aliphatic rings. The molecule has 2 amide bonds. The van der Waals surface area contributed by atoms with Gasteiger partial charge in [-0.15, -0.1) is 11.3 Å². The van der Waals surface area contributed by atoms with Gasteiger partial charge in [0, 0.05) is 41.8 Å². The van der Waals surface area contributed by atoms with Crippen LogP contribution < -0.4 is 10.6 Å². The smallest absolute Gasteiger partial charge is 0.261 e. The minimum Gasteiger partial charge on any atom is -0.390 e. The van der Waals surface area contributed by atoms with E-state index in [1.54, 1.807) is 26.0 Å². The normalized spacial score (nSPS) is 22.3. The molecule has 3 N–H and O–H groups in total. The lowest BCUT2D eigenvalue weighted by Gasteiger charge is -2.55. The van der Waals surface area contributed by atoms with Gasteiger partial charge in [-0.1, -0.05) is 0 Å². The van der Waals surface area contributed by atoms with Crippen LogP contribution in [0.15, 0.2) is 48.7 Å². The SMILES string of the molecule is CC1(O)CCC(N2CC(CC(=O)NC(C)(C)c3ncccc3F)(NC(=O)c3ccc(-c4ccc(F)cc4F)s3)C2)CC1. The second-order valence-corrected chi connectivity index (χ2v) is 13.4. The molecule has 7 nitrogen and oxygen atoms in total. The highest BCUT2D eigenvalue weighted by atomic mass is 32.1. The maximum Gasteiger partial charge on any atom is 0.261 e. The summed E-state index contributed by atoms with van der Waals surface area (Å²) in [6.07, 6.45) is 4.40. The molecule has 2 aromatic heterocycles. The molecular formula is C31H35F3N4O3S. The number of aliphatic hydroxyl groups is 1. The maximum atomic E-state index is 14.5. The molecule has 0 bridgehead atoms. The number of likely N-dealkylation sites (tertiary alicyclic amines) is 1. The van der Waals surface area contributed by atoms with Crippen molar-refractivity contribution in [1.29, 1.82) is 0 Å². The molecule has 5 rings (SSSR count). The number of thiophene rings is 1. The van der Waals surface area contributed by atoms with Crippen molar-refractivity contribution in [2.75, 3.05) is 13.1 Å². The van der Waals surface area contributed by atoms with Gasteiger partial charge in [0.1, 0.15) is 23.1 Å². The number of nitrogens with zero attached hydrogens (tertiary/aromatic N) is 2. The first-order chi connectivity index (χ1) is 19.8. The van der Waals surface area contributed by atoms with Crippen LogP contribution in [0, 0.1) is 17.5 Å². The highest BCUT2D eigenvalue weighted by molar-refractivity contribution is 7.17. The van der Waals surface area contributed by atoms with Crippen molar-refractivity contribution in [1.82, 2.24) is 20.5 Å². The summed E-state index contributed by atoms with van der Waals surface area (Å²) in [5.74, 6) is -2.69. The number of halogens is 3. The highest BCUT2D eigenvalue weighted by Gasteiger charge is 2.49. The first-order valence-electron chi connectivity index (χ1n) is 14.0. The van der Waals surface area contributed by atoms with Crippen molar-refractivity contribution >= 4 is 23.2 Å². The van der Waals surface area contributed by atoms with Crippen LogP contribution in [0.2, 0.25) is 0 Å². The summed E-state index contributed by atoms with van der Waals surface area (Å²) >= 11 is 1.08. The third-order valence-corrected chi connectivity index (χ3v) is 9.38. The van der Waals surface area contributed by atoms with Crippen molar-refractivity contribution in [2.45, 2.75) is 75.6 Å². The third-order valence-electron chi connectivity index (χ3n) is 8.27. The van der Waals surface area contributed by atoms with Crippen molar-refractivity contribution in [3.63, 3.8) is 0 Å². The molecule has 42 heavy (non-hydrogen) atoms. The van der Waals surface area contributed by atoms with E-state index in [0.717, 1.165) is 36.3 Å². The Morgan fingerprint density at radius 3 is 2.48 bits per heavy atom. The number of rotatable bonds is 8. The van der Waals surface area contributed by atoms with Crippen LogP contribution in [0.1, 0.15) is 68.2 Å². The minimum atomic E-state index is -1.09. The van der Waals surface area contributed by atoms with E-state index < -0.39 is 40.0 Å². The number of carbonyl (C=O) groups is 2. The van der Waals surface area contributed by atoms with Gasteiger partial charge in [-0.3, -0.25) is 19.5 Å². The lowest BCUT2D eigenvalue weighted by molar-refractivity contribution is -0.127. The second-order valence-electron chi connectivity index (χ2n) is 12.3. The Balaban J connectivity index is 1.32. The van der Waals surface area contributed by atoms with Crippen LogP contribution in [0.4, 0.5) is 13.2 Å². The molecule has 3 heterocycles. The van der Waals surface area contributed by atoms with Crippen molar-refractivity contribution in [3.05, 3.63) is 76.7 Å². The molecule has 1 aliphatic heterocycles. The minimum absolute atomic E-state index is 0.0393. The number of hydrogen-bond acceptors (Lipinski definition) is 6. The van der Waals surface area contributed by atoms with E-state index in [2.05, 4.69) is 20.5 Å². The van der Waals surface area contributed by atoms with E-state index >= 15 is 0 Å². The monoisotopic (exact) mass is 600 g/mol. The lowest BCUT2D eigenvalue weighted by atomic mass is 9.78. The molecule has 1 saturated carbocycles. The van der Waals surface area contributed by atoms with Gasteiger partial charge in [0.2, 0.25) is 5.91 Å². The van der Waals surface area contributed by atoms with Gasteiger partial charge in [-0.05, 0) is 82.9 Å². The number of benzene rings is 1. The summed E-state index contributed by atoms with van der Waals surface area (Å²) in [5.41, 5.74) is -2.35. The molecule has 1 aromatic carbocycles. The van der Waals surface area contributed by atoms with Gasteiger partial charge in [0.05, 0.1) is 28.0 Å². The Bertz CT molecular complexity index is 1480. The lowest BCUT2D eigenvalue weighted by Crippen LogP contribution is -2.73. The van der Waals surface area contributed by atoms with Gasteiger partial charge >= 0.3 is 0 Å². The van der Waals surface area contributed by atoms with E-state index in [1.807, 2.05) is 6.92 Å². The first kappa shape index (κ1) is 30.2. The number of pyridine rings is 1. The van der Waals surface area contributed by atoms with Gasteiger partial charge in [0.15, 0.2) is 0 Å². The average molecular weight is 601 g/mol. The molecular weight excluding hydrogens is 565 g/mol. The Hall–Kier alpha value is -3.28. The van der Waals surface area contributed by atoms with Crippen LogP contribution in [0.5, 0.6) is 0 Å². The summed E-state index contributed by atoms with van der Waals surface area (Å²) in [6, 6.07) is 9.49. The van der Waals surface area contributed by atoms with Crippen LogP contribution in [0.25, 0.3) is 10.4 Å². The standard InChI is InChI=1S/C31H35F3N4O3S/c1-29(2,27-22(33)5-4-14-35-27)36-26(39)16-31(17-38(18-31)20-10-12-30(3,41)13-11-20)37-28(40)25-9-8-24(42-25)21-7-6-19(32)15-23(21)34/h4-9,14-15,20,41H,10-13,16-18H2,1-3H3,(H,36,39)(H,37,40). The second kappa shape index (κ2) is 11.4. The van der Waals surface area contributed by atoms with Crippen molar-refractivity contribution < 1.29 is 27.9 Å². The summed E-state index contributed by atoms with van der Waals surface area (Å²) in [6.45, 7) is 6.05. The van der Waals surface area contributed by atoms with Crippen LogP contribution in [-0.4, -0.2) is 57.1 Å². The fraction of sp³-hybridized carbons (Fsp3) is 0.452. The zero-order valence-corrected chi connectivity index (χ0v) is 24.7. The summed E-state index contributed by atoms with van der Waals surface area (Å²) < 4.78 is 42.2. The Kier molecular flexibility index (Phi) is 8.21. The van der Waals surface area contributed by atoms with Gasteiger partial charge < -0.3 is 15.7 Å². The molecule has 0 atom stereocenters. The van der Waals surface area contributed by atoms with Gasteiger partial charge in [0.25, 0.3) is 5.91 Å². The van der Waals surface area contributed by atoms with Gasteiger partial charge in [-0.25, -0.2) is 13.2 Å². The van der Waals surface area contributed by atoms with Crippen LogP contribution >= 0.6 is 11.3 Å². The fourth-order valence-corrected chi connectivity index (χ4v) is 6.94. The number of aromatic nitrogens is 1. The molecule has 1 saturated heterocycles. The molecule has 0 radical (unpaired) electrons. The maximum absolute atomic E-state index is 14.5. The number of amides is 2. The number of hydrogen-bond donors (Lipinski definition) is 3. The molecule has 224 valence electrons. The quantitative estimate of drug-likeness (QED) is 0.333. The number of nitrogens with one attached hydrogen (secondary N) is 2. The first-order valence-corrected chi connectivity index (χ1v) is 14.8. The van der Waals surface area contributed by atoms with Crippen LogP contribution in [-0.2, 0) is 10.3 Å². The molecule has 11 heteroatoms. The summed E-state index contributed by atoms with van der Waals surface area (Å²) in [7, 11) is 0. The van der Waals surface area contributed by atoms with E-state index in [9.17, 15) is 27.9 Å². The summed E-state index contributed by atoms with van der Waals surface area (Å²) in [4.78, 5) is 33.9. The highest BCUT2D eigenvalue weighted by Crippen LogP contribution is 2.37. The molecule has 3 aromatic rings. The molecule has 0 spiro atoms. The molecule has 0 unspecified atom stereocenters. The Morgan fingerprint density at radius 2 is 1.81 bits per heavy atom. The van der Waals surface area contributed by atoms with Crippen molar-refractivity contribution in [3.8, 4) is 10.4 Å². The predicted octanol–water partition coefficient (Wildman–Crippen LogP) is 5.15. The zero-order chi connectivity index (χ0) is 30.3. The zero-order valence-electron chi connectivity index (χ0n) is 23.8. The molecule has 1 aliphatic carbocycles. The van der Waals surface area contributed by atoms with E-state index in [4.69, 9.17) is 0 Å². The fourth-order valence-electron chi connectivity index (χ4n) is 6.02. The third kappa shape index (κ3) is 6.53. The predicted molar refractivity (Wildman–Crippen MR) is 154 cm³/mol. The topological polar surface area (TPSA) is 94.6 Å². The van der Waals surface area contributed by atoms with Crippen LogP contribution in [0.3, 0.4) is 0 Å². The van der Waals surface area contributed by atoms with Crippen molar-refractivity contribution in [2.24, 2.45) is 0 Å². The largest absolute Gasteiger partial charge is 0.390 e. The van der Waals surface area contributed by atoms with E-state index in [0.29, 0.717) is 35.7 Å². The average Bonchev–Trinajstić information content (AvgIpc) is 3.37.